The Morgan fingerprint density at radius 3 is 2.57 bits per heavy atom. The second-order valence-corrected chi connectivity index (χ2v) is 8.03. The average Bonchev–Trinajstić information content (AvgIpc) is 3.43. The van der Waals surface area contributed by atoms with Crippen molar-refractivity contribution >= 4 is 23.2 Å². The predicted octanol–water partition coefficient (Wildman–Crippen LogP) is 2.47. The molecule has 2 saturated heterocycles. The summed E-state index contributed by atoms with van der Waals surface area (Å²) in [7, 11) is 1.64. The van der Waals surface area contributed by atoms with Crippen molar-refractivity contribution in [1.29, 1.82) is 0 Å². The molecule has 148 valence electrons. The smallest absolute Gasteiger partial charge is 0.263 e. The molecule has 0 unspecified atom stereocenters. The Bertz CT molecular complexity index is 833. The zero-order chi connectivity index (χ0) is 19.5. The number of para-hydroxylation sites is 1. The first kappa shape index (κ1) is 19.0. The Morgan fingerprint density at radius 1 is 1.07 bits per heavy atom. The van der Waals surface area contributed by atoms with Crippen LogP contribution in [0, 0.1) is 5.92 Å². The third-order valence-corrected chi connectivity index (χ3v) is 6.38. The molecule has 1 aromatic carbocycles. The summed E-state index contributed by atoms with van der Waals surface area (Å²) in [6.07, 6.45) is 0. The molecule has 2 aromatic rings. The van der Waals surface area contributed by atoms with Crippen molar-refractivity contribution in [2.45, 2.75) is 5.92 Å². The number of rotatable bonds is 4. The lowest BCUT2D eigenvalue weighted by Crippen LogP contribution is -2.45. The van der Waals surface area contributed by atoms with E-state index >= 15 is 0 Å². The van der Waals surface area contributed by atoms with Crippen LogP contribution >= 0.6 is 11.3 Å². The molecule has 2 amide bonds. The van der Waals surface area contributed by atoms with E-state index in [0.29, 0.717) is 44.3 Å². The fourth-order valence-electron chi connectivity index (χ4n) is 4.08. The fraction of sp³-hybridized carbons (Fsp3) is 0.429. The molecule has 0 N–H and O–H groups in total. The standard InChI is InChI=1S/C21H24N2O4S/c1-26-18-6-3-2-5-15(18)16-13-23(21(25)19-7-4-12-28-19)14-17(16)20(24)22-8-10-27-11-9-22/h2-7,12,16-17H,8-11,13-14H2,1H3/t16-,17-/m1/s1. The summed E-state index contributed by atoms with van der Waals surface area (Å²) in [5.41, 5.74) is 0.984. The molecule has 2 fully saturated rings. The fourth-order valence-corrected chi connectivity index (χ4v) is 4.77. The molecule has 6 nitrogen and oxygen atoms in total. The van der Waals surface area contributed by atoms with Gasteiger partial charge in [-0.1, -0.05) is 24.3 Å². The van der Waals surface area contributed by atoms with Crippen LogP contribution in [0.4, 0.5) is 0 Å². The van der Waals surface area contributed by atoms with Crippen molar-refractivity contribution in [3.63, 3.8) is 0 Å². The third kappa shape index (κ3) is 3.64. The SMILES string of the molecule is COc1ccccc1[C@H]1CN(C(=O)c2cccs2)C[C@H]1C(=O)N1CCOCC1. The van der Waals surface area contributed by atoms with E-state index in [0.717, 1.165) is 11.3 Å². The van der Waals surface area contributed by atoms with Crippen LogP contribution in [-0.4, -0.2) is 68.1 Å². The van der Waals surface area contributed by atoms with E-state index in [4.69, 9.17) is 9.47 Å². The van der Waals surface area contributed by atoms with E-state index in [1.54, 1.807) is 7.11 Å². The quantitative estimate of drug-likeness (QED) is 0.791. The van der Waals surface area contributed by atoms with E-state index in [9.17, 15) is 9.59 Å². The van der Waals surface area contributed by atoms with Gasteiger partial charge in [-0.2, -0.15) is 0 Å². The number of methoxy groups -OCH3 is 1. The molecule has 0 aliphatic carbocycles. The number of ether oxygens (including phenoxy) is 2. The number of amides is 2. The maximum absolute atomic E-state index is 13.3. The van der Waals surface area contributed by atoms with Crippen molar-refractivity contribution in [2.75, 3.05) is 46.5 Å². The van der Waals surface area contributed by atoms with Gasteiger partial charge in [-0.25, -0.2) is 0 Å². The van der Waals surface area contributed by atoms with E-state index in [1.165, 1.54) is 11.3 Å². The lowest BCUT2D eigenvalue weighted by molar-refractivity contribution is -0.139. The number of hydrogen-bond acceptors (Lipinski definition) is 5. The number of nitrogens with zero attached hydrogens (tertiary/aromatic N) is 2. The van der Waals surface area contributed by atoms with Crippen molar-refractivity contribution in [2.24, 2.45) is 5.92 Å². The number of carbonyl (C=O) groups excluding carboxylic acids is 2. The highest BCUT2D eigenvalue weighted by Gasteiger charge is 2.43. The van der Waals surface area contributed by atoms with Gasteiger partial charge in [0.1, 0.15) is 5.75 Å². The van der Waals surface area contributed by atoms with E-state index in [1.807, 2.05) is 51.6 Å². The Hall–Kier alpha value is -2.38. The summed E-state index contributed by atoms with van der Waals surface area (Å²) in [6, 6.07) is 11.5. The van der Waals surface area contributed by atoms with Gasteiger partial charge in [0.25, 0.3) is 5.91 Å². The van der Waals surface area contributed by atoms with Crippen molar-refractivity contribution in [3.8, 4) is 5.75 Å². The second kappa shape index (κ2) is 8.32. The summed E-state index contributed by atoms with van der Waals surface area (Å²) in [5, 5.41) is 1.90. The molecule has 4 rings (SSSR count). The van der Waals surface area contributed by atoms with E-state index < -0.39 is 0 Å². The van der Waals surface area contributed by atoms with Gasteiger partial charge in [-0.3, -0.25) is 9.59 Å². The Kier molecular flexibility index (Phi) is 5.64. The molecule has 2 aliphatic rings. The second-order valence-electron chi connectivity index (χ2n) is 7.08. The van der Waals surface area contributed by atoms with E-state index in [2.05, 4.69) is 0 Å². The van der Waals surface area contributed by atoms with E-state index in [-0.39, 0.29) is 23.7 Å². The molecular formula is C21H24N2O4S. The number of hydrogen-bond donors (Lipinski definition) is 0. The number of likely N-dealkylation sites (tertiary alicyclic amines) is 1. The lowest BCUT2D eigenvalue weighted by Gasteiger charge is -2.31. The number of morpholine rings is 1. The molecular weight excluding hydrogens is 376 g/mol. The first-order valence-corrected chi connectivity index (χ1v) is 10.4. The first-order valence-electron chi connectivity index (χ1n) is 9.51. The third-order valence-electron chi connectivity index (χ3n) is 5.52. The van der Waals surface area contributed by atoms with Crippen molar-refractivity contribution in [3.05, 3.63) is 52.2 Å². The molecule has 0 saturated carbocycles. The Morgan fingerprint density at radius 2 is 1.86 bits per heavy atom. The van der Waals surface area contributed by atoms with Crippen LogP contribution < -0.4 is 4.74 Å². The van der Waals surface area contributed by atoms with Gasteiger partial charge in [0.2, 0.25) is 5.91 Å². The van der Waals surface area contributed by atoms with Crippen LogP contribution in [-0.2, 0) is 9.53 Å². The summed E-state index contributed by atoms with van der Waals surface area (Å²) < 4.78 is 10.9. The monoisotopic (exact) mass is 400 g/mol. The highest BCUT2D eigenvalue weighted by Crippen LogP contribution is 2.39. The normalized spacial score (nSPS) is 22.3. The number of thiophene rings is 1. The molecule has 7 heteroatoms. The van der Waals surface area contributed by atoms with Crippen LogP contribution in [0.3, 0.4) is 0 Å². The average molecular weight is 401 g/mol. The van der Waals surface area contributed by atoms with Crippen LogP contribution in [0.25, 0.3) is 0 Å². The minimum atomic E-state index is -0.279. The van der Waals surface area contributed by atoms with Gasteiger partial charge >= 0.3 is 0 Å². The molecule has 0 spiro atoms. The minimum Gasteiger partial charge on any atom is -0.496 e. The molecule has 0 bridgehead atoms. The molecule has 0 radical (unpaired) electrons. The zero-order valence-electron chi connectivity index (χ0n) is 15.9. The van der Waals surface area contributed by atoms with Gasteiger partial charge in [-0.15, -0.1) is 11.3 Å². The van der Waals surface area contributed by atoms with Gasteiger partial charge < -0.3 is 19.3 Å². The highest BCUT2D eigenvalue weighted by atomic mass is 32.1. The van der Waals surface area contributed by atoms with Crippen molar-refractivity contribution in [1.82, 2.24) is 9.80 Å². The molecule has 3 heterocycles. The summed E-state index contributed by atoms with van der Waals surface area (Å²) in [6.45, 7) is 3.28. The Labute approximate surface area is 168 Å². The van der Waals surface area contributed by atoms with Crippen LogP contribution in [0.1, 0.15) is 21.2 Å². The lowest BCUT2D eigenvalue weighted by atomic mass is 9.87. The summed E-state index contributed by atoms with van der Waals surface area (Å²) in [5.74, 6) is 0.485. The minimum absolute atomic E-state index is 0.00724. The number of benzene rings is 1. The largest absolute Gasteiger partial charge is 0.496 e. The highest BCUT2D eigenvalue weighted by molar-refractivity contribution is 7.12. The van der Waals surface area contributed by atoms with Crippen LogP contribution in [0.2, 0.25) is 0 Å². The maximum atomic E-state index is 13.3. The summed E-state index contributed by atoms with van der Waals surface area (Å²) in [4.78, 5) is 30.7. The van der Waals surface area contributed by atoms with Gasteiger partial charge in [0.05, 0.1) is 31.1 Å². The molecule has 28 heavy (non-hydrogen) atoms. The summed E-state index contributed by atoms with van der Waals surface area (Å²) >= 11 is 1.43. The molecule has 2 atom stereocenters. The van der Waals surface area contributed by atoms with Crippen LogP contribution in [0.5, 0.6) is 5.75 Å². The zero-order valence-corrected chi connectivity index (χ0v) is 16.7. The molecule has 1 aromatic heterocycles. The van der Waals surface area contributed by atoms with Crippen molar-refractivity contribution < 1.29 is 19.1 Å². The maximum Gasteiger partial charge on any atom is 0.263 e. The van der Waals surface area contributed by atoms with Gasteiger partial charge in [0.15, 0.2) is 0 Å². The first-order chi connectivity index (χ1) is 13.7. The number of carbonyl (C=O) groups is 2. The van der Waals surface area contributed by atoms with Gasteiger partial charge in [0, 0.05) is 32.1 Å². The molecule has 2 aliphatic heterocycles. The predicted molar refractivity (Wildman–Crippen MR) is 107 cm³/mol. The topological polar surface area (TPSA) is 59.1 Å². The van der Waals surface area contributed by atoms with Crippen LogP contribution in [0.15, 0.2) is 41.8 Å². The Balaban J connectivity index is 1.63. The van der Waals surface area contributed by atoms with Gasteiger partial charge in [-0.05, 0) is 23.1 Å².